The number of nitrogens with zero attached hydrogens (tertiary/aromatic N) is 2. The van der Waals surface area contributed by atoms with Gasteiger partial charge in [0.05, 0.1) is 5.69 Å². The van der Waals surface area contributed by atoms with Crippen LogP contribution in [0.4, 0.5) is 0 Å². The lowest BCUT2D eigenvalue weighted by Crippen LogP contribution is -2.03. The molecule has 0 amide bonds. The van der Waals surface area contributed by atoms with Gasteiger partial charge in [-0.3, -0.25) is 4.68 Å². The van der Waals surface area contributed by atoms with E-state index in [4.69, 9.17) is 5.73 Å². The molecule has 1 aromatic heterocycles. The quantitative estimate of drug-likeness (QED) is 0.804. The largest absolute Gasteiger partial charge is 0.330 e. The SMILES string of the molecule is Cc1nn(C)c(Br)c1CCN. The Bertz CT molecular complexity index is 254. The molecule has 0 saturated heterocycles. The van der Waals surface area contributed by atoms with Crippen molar-refractivity contribution in [3.8, 4) is 0 Å². The molecule has 0 saturated carbocycles. The van der Waals surface area contributed by atoms with Gasteiger partial charge in [0.1, 0.15) is 4.60 Å². The van der Waals surface area contributed by atoms with E-state index in [0.29, 0.717) is 6.54 Å². The van der Waals surface area contributed by atoms with Crippen molar-refractivity contribution in [2.45, 2.75) is 13.3 Å². The third-order valence-corrected chi connectivity index (χ3v) is 2.66. The van der Waals surface area contributed by atoms with E-state index in [2.05, 4.69) is 21.0 Å². The van der Waals surface area contributed by atoms with E-state index in [1.165, 1.54) is 5.56 Å². The zero-order valence-corrected chi connectivity index (χ0v) is 8.35. The molecule has 0 spiro atoms. The maximum absolute atomic E-state index is 5.45. The Labute approximate surface area is 74.7 Å². The van der Waals surface area contributed by atoms with Crippen LogP contribution in [0, 0.1) is 6.92 Å². The van der Waals surface area contributed by atoms with Crippen molar-refractivity contribution in [1.82, 2.24) is 9.78 Å². The number of hydrogen-bond donors (Lipinski definition) is 1. The lowest BCUT2D eigenvalue weighted by atomic mass is 10.2. The molecule has 62 valence electrons. The number of nitrogens with two attached hydrogens (primary N) is 1. The predicted molar refractivity (Wildman–Crippen MR) is 48.4 cm³/mol. The molecular formula is C7H12BrN3. The molecule has 1 heterocycles. The third kappa shape index (κ3) is 1.62. The second-order valence-electron chi connectivity index (χ2n) is 2.52. The fourth-order valence-corrected chi connectivity index (χ4v) is 1.67. The van der Waals surface area contributed by atoms with Crippen LogP contribution in [0.3, 0.4) is 0 Å². The Morgan fingerprint density at radius 1 is 1.64 bits per heavy atom. The van der Waals surface area contributed by atoms with Gasteiger partial charge in [-0.2, -0.15) is 5.10 Å². The zero-order valence-electron chi connectivity index (χ0n) is 6.76. The summed E-state index contributed by atoms with van der Waals surface area (Å²) in [7, 11) is 1.91. The van der Waals surface area contributed by atoms with Crippen LogP contribution in [0.1, 0.15) is 11.3 Å². The molecule has 0 aliphatic rings. The van der Waals surface area contributed by atoms with Crippen LogP contribution in [0.25, 0.3) is 0 Å². The molecule has 0 aromatic carbocycles. The fraction of sp³-hybridized carbons (Fsp3) is 0.571. The Kier molecular flexibility index (Phi) is 2.67. The monoisotopic (exact) mass is 217 g/mol. The maximum atomic E-state index is 5.45. The first-order chi connectivity index (χ1) is 5.16. The van der Waals surface area contributed by atoms with Crippen molar-refractivity contribution < 1.29 is 0 Å². The Morgan fingerprint density at radius 3 is 2.64 bits per heavy atom. The van der Waals surface area contributed by atoms with Crippen LogP contribution in [-0.4, -0.2) is 16.3 Å². The summed E-state index contributed by atoms with van der Waals surface area (Å²) in [5.41, 5.74) is 7.73. The van der Waals surface area contributed by atoms with Gasteiger partial charge in [-0.05, 0) is 35.8 Å². The molecule has 0 aliphatic heterocycles. The van der Waals surface area contributed by atoms with E-state index < -0.39 is 0 Å². The Hall–Kier alpha value is -0.350. The fourth-order valence-electron chi connectivity index (χ4n) is 1.10. The van der Waals surface area contributed by atoms with Crippen molar-refractivity contribution >= 4 is 15.9 Å². The highest BCUT2D eigenvalue weighted by Crippen LogP contribution is 2.18. The van der Waals surface area contributed by atoms with Crippen molar-refractivity contribution in [2.24, 2.45) is 12.8 Å². The first-order valence-corrected chi connectivity index (χ1v) is 4.34. The second-order valence-corrected chi connectivity index (χ2v) is 3.27. The topological polar surface area (TPSA) is 43.8 Å². The minimum Gasteiger partial charge on any atom is -0.330 e. The Balaban J connectivity index is 3.02. The average Bonchev–Trinajstić information content (AvgIpc) is 2.17. The van der Waals surface area contributed by atoms with Crippen LogP contribution in [0.2, 0.25) is 0 Å². The molecule has 0 bridgehead atoms. The lowest BCUT2D eigenvalue weighted by molar-refractivity contribution is 0.739. The van der Waals surface area contributed by atoms with Gasteiger partial charge >= 0.3 is 0 Å². The molecule has 0 atom stereocenters. The van der Waals surface area contributed by atoms with Gasteiger partial charge in [-0.25, -0.2) is 0 Å². The van der Waals surface area contributed by atoms with Crippen molar-refractivity contribution in [2.75, 3.05) is 6.54 Å². The summed E-state index contributed by atoms with van der Waals surface area (Å²) in [6.07, 6.45) is 0.889. The van der Waals surface area contributed by atoms with Crippen molar-refractivity contribution in [1.29, 1.82) is 0 Å². The highest BCUT2D eigenvalue weighted by atomic mass is 79.9. The molecule has 0 unspecified atom stereocenters. The minimum atomic E-state index is 0.672. The summed E-state index contributed by atoms with van der Waals surface area (Å²) in [6.45, 7) is 2.67. The van der Waals surface area contributed by atoms with Crippen molar-refractivity contribution in [3.63, 3.8) is 0 Å². The summed E-state index contributed by atoms with van der Waals surface area (Å²) in [4.78, 5) is 0. The number of aryl methyl sites for hydroxylation is 2. The number of hydrogen-bond acceptors (Lipinski definition) is 2. The first-order valence-electron chi connectivity index (χ1n) is 3.55. The van der Waals surface area contributed by atoms with Crippen LogP contribution in [-0.2, 0) is 13.5 Å². The molecule has 0 radical (unpaired) electrons. The molecule has 1 rings (SSSR count). The molecule has 2 N–H and O–H groups in total. The van der Waals surface area contributed by atoms with Gasteiger partial charge in [0.2, 0.25) is 0 Å². The van der Waals surface area contributed by atoms with Gasteiger partial charge in [-0.15, -0.1) is 0 Å². The summed E-state index contributed by atoms with van der Waals surface area (Å²) >= 11 is 3.45. The van der Waals surface area contributed by atoms with E-state index in [1.54, 1.807) is 0 Å². The van der Waals surface area contributed by atoms with Gasteiger partial charge in [0, 0.05) is 12.6 Å². The molecule has 11 heavy (non-hydrogen) atoms. The molecule has 1 aromatic rings. The highest BCUT2D eigenvalue weighted by Gasteiger charge is 2.08. The van der Waals surface area contributed by atoms with Crippen LogP contribution in [0.5, 0.6) is 0 Å². The average molecular weight is 218 g/mol. The second kappa shape index (κ2) is 3.36. The van der Waals surface area contributed by atoms with E-state index in [0.717, 1.165) is 16.7 Å². The van der Waals surface area contributed by atoms with E-state index in [-0.39, 0.29) is 0 Å². The summed E-state index contributed by atoms with van der Waals surface area (Å²) in [6, 6.07) is 0. The number of aromatic nitrogens is 2. The predicted octanol–water partition coefficient (Wildman–Crippen LogP) is 0.992. The minimum absolute atomic E-state index is 0.672. The number of rotatable bonds is 2. The summed E-state index contributed by atoms with van der Waals surface area (Å²) < 4.78 is 2.86. The molecule has 0 fully saturated rings. The molecular weight excluding hydrogens is 206 g/mol. The lowest BCUT2D eigenvalue weighted by Gasteiger charge is -1.95. The smallest absolute Gasteiger partial charge is 0.107 e. The van der Waals surface area contributed by atoms with E-state index >= 15 is 0 Å². The molecule has 0 aliphatic carbocycles. The van der Waals surface area contributed by atoms with Gasteiger partial charge < -0.3 is 5.73 Å². The Morgan fingerprint density at radius 2 is 2.27 bits per heavy atom. The van der Waals surface area contributed by atoms with E-state index in [1.807, 2.05) is 18.7 Å². The standard InChI is InChI=1S/C7H12BrN3/c1-5-6(3-4-9)7(8)11(2)10-5/h3-4,9H2,1-2H3. The maximum Gasteiger partial charge on any atom is 0.107 e. The zero-order chi connectivity index (χ0) is 8.43. The van der Waals surface area contributed by atoms with Gasteiger partial charge in [0.15, 0.2) is 0 Å². The van der Waals surface area contributed by atoms with Crippen LogP contribution in [0.15, 0.2) is 4.60 Å². The highest BCUT2D eigenvalue weighted by molar-refractivity contribution is 9.10. The summed E-state index contributed by atoms with van der Waals surface area (Å²) in [5.74, 6) is 0. The summed E-state index contributed by atoms with van der Waals surface area (Å²) in [5, 5.41) is 4.24. The third-order valence-electron chi connectivity index (χ3n) is 1.66. The molecule has 4 heteroatoms. The first kappa shape index (κ1) is 8.74. The van der Waals surface area contributed by atoms with Crippen LogP contribution >= 0.6 is 15.9 Å². The molecule has 3 nitrogen and oxygen atoms in total. The van der Waals surface area contributed by atoms with E-state index in [9.17, 15) is 0 Å². The van der Waals surface area contributed by atoms with Crippen molar-refractivity contribution in [3.05, 3.63) is 15.9 Å². The normalized spacial score (nSPS) is 10.5. The van der Waals surface area contributed by atoms with Gasteiger partial charge in [0.25, 0.3) is 0 Å². The number of halogens is 1. The van der Waals surface area contributed by atoms with Crippen LogP contribution < -0.4 is 5.73 Å². The van der Waals surface area contributed by atoms with Gasteiger partial charge in [-0.1, -0.05) is 0 Å².